The Kier molecular flexibility index (Phi) is 8.96. The van der Waals surface area contributed by atoms with Crippen molar-refractivity contribution in [1.29, 1.82) is 0 Å². The molecule has 5 atom stereocenters. The number of nitrogens with one attached hydrogen (secondary N) is 1. The van der Waals surface area contributed by atoms with Crippen molar-refractivity contribution in [3.63, 3.8) is 0 Å². The first-order valence-electron chi connectivity index (χ1n) is 14.3. The fourth-order valence-corrected chi connectivity index (χ4v) is 6.16. The zero-order chi connectivity index (χ0) is 26.9. The van der Waals surface area contributed by atoms with Crippen LogP contribution >= 0.6 is 0 Å². The van der Waals surface area contributed by atoms with Gasteiger partial charge in [0.15, 0.2) is 5.76 Å². The second-order valence-corrected chi connectivity index (χ2v) is 12.2. The summed E-state index contributed by atoms with van der Waals surface area (Å²) in [6.07, 6.45) is 3.66. The summed E-state index contributed by atoms with van der Waals surface area (Å²) >= 11 is 0. The first-order valence-corrected chi connectivity index (χ1v) is 14.3. The summed E-state index contributed by atoms with van der Waals surface area (Å²) in [6.45, 7) is 14.5. The predicted molar refractivity (Wildman–Crippen MR) is 143 cm³/mol. The van der Waals surface area contributed by atoms with Gasteiger partial charge in [0.25, 0.3) is 0 Å². The van der Waals surface area contributed by atoms with Crippen molar-refractivity contribution in [3.05, 3.63) is 17.5 Å². The summed E-state index contributed by atoms with van der Waals surface area (Å²) in [4.78, 5) is 36.3. The second kappa shape index (κ2) is 11.8. The van der Waals surface area contributed by atoms with Crippen LogP contribution in [0.5, 0.6) is 0 Å². The third kappa shape index (κ3) is 5.88. The van der Waals surface area contributed by atoms with Crippen LogP contribution in [0.25, 0.3) is 0 Å². The minimum absolute atomic E-state index is 0.0975. The van der Waals surface area contributed by atoms with Gasteiger partial charge >= 0.3 is 0 Å². The van der Waals surface area contributed by atoms with Crippen molar-refractivity contribution in [3.8, 4) is 0 Å². The van der Waals surface area contributed by atoms with Crippen LogP contribution in [0.4, 0.5) is 0 Å². The highest BCUT2D eigenvalue weighted by Crippen LogP contribution is 2.37. The monoisotopic (exact) mass is 516 g/mol. The molecule has 0 saturated carbocycles. The van der Waals surface area contributed by atoms with Crippen LogP contribution in [0.3, 0.4) is 0 Å². The molecular formula is C28H48N6O3. The van der Waals surface area contributed by atoms with E-state index in [0.29, 0.717) is 24.9 Å². The SMILES string of the molecule is CCC(C)[C@H]1C(=O)N(CC2CCNCC2)CC2N(Cc3cc(C(C)N(C)C)no3)[C@@H](CC(C)C)C(=O)N21. The Balaban J connectivity index is 1.65. The van der Waals surface area contributed by atoms with Gasteiger partial charge in [-0.1, -0.05) is 39.3 Å². The van der Waals surface area contributed by atoms with Crippen LogP contribution < -0.4 is 5.32 Å². The minimum atomic E-state index is -0.406. The number of nitrogens with zero attached hydrogens (tertiary/aromatic N) is 5. The molecule has 4 heterocycles. The Bertz CT molecular complexity index is 927. The molecule has 0 aromatic carbocycles. The van der Waals surface area contributed by atoms with Crippen LogP contribution in [0, 0.1) is 17.8 Å². The molecule has 1 aromatic heterocycles. The molecular weight excluding hydrogens is 468 g/mol. The molecule has 9 heteroatoms. The average Bonchev–Trinajstić information content (AvgIpc) is 3.43. The molecule has 3 aliphatic rings. The first kappa shape index (κ1) is 28.0. The maximum Gasteiger partial charge on any atom is 0.245 e. The summed E-state index contributed by atoms with van der Waals surface area (Å²) in [5.74, 6) is 1.97. The lowest BCUT2D eigenvalue weighted by Crippen LogP contribution is -2.65. The molecule has 9 nitrogen and oxygen atoms in total. The van der Waals surface area contributed by atoms with E-state index in [2.05, 4.69) is 59.8 Å². The summed E-state index contributed by atoms with van der Waals surface area (Å²) < 4.78 is 5.80. The van der Waals surface area contributed by atoms with Crippen molar-refractivity contribution in [2.75, 3.05) is 40.3 Å². The van der Waals surface area contributed by atoms with Crippen LogP contribution in [0.15, 0.2) is 10.6 Å². The fourth-order valence-electron chi connectivity index (χ4n) is 6.16. The largest absolute Gasteiger partial charge is 0.360 e. The number of fused-ring (bicyclic) bond motifs is 1. The molecule has 0 radical (unpaired) electrons. The molecule has 4 rings (SSSR count). The van der Waals surface area contributed by atoms with Crippen molar-refractivity contribution in [1.82, 2.24) is 30.1 Å². The molecule has 2 amide bonds. The van der Waals surface area contributed by atoms with Gasteiger partial charge in [0.05, 0.1) is 25.2 Å². The van der Waals surface area contributed by atoms with Crippen molar-refractivity contribution in [2.45, 2.75) is 91.1 Å². The number of carbonyl (C=O) groups is 2. The molecule has 1 aromatic rings. The van der Waals surface area contributed by atoms with E-state index in [0.717, 1.165) is 56.8 Å². The van der Waals surface area contributed by atoms with E-state index in [9.17, 15) is 9.59 Å². The van der Waals surface area contributed by atoms with E-state index in [1.54, 1.807) is 0 Å². The summed E-state index contributed by atoms with van der Waals surface area (Å²) in [7, 11) is 4.06. The quantitative estimate of drug-likeness (QED) is 0.512. The zero-order valence-corrected chi connectivity index (χ0v) is 23.9. The maximum absolute atomic E-state index is 14.0. The number of amides is 2. The van der Waals surface area contributed by atoms with Crippen molar-refractivity contribution < 1.29 is 14.1 Å². The maximum atomic E-state index is 14.0. The minimum Gasteiger partial charge on any atom is -0.360 e. The van der Waals surface area contributed by atoms with Crippen molar-refractivity contribution >= 4 is 11.8 Å². The van der Waals surface area contributed by atoms with Crippen LogP contribution in [0.2, 0.25) is 0 Å². The van der Waals surface area contributed by atoms with E-state index in [1.165, 1.54) is 0 Å². The normalized spacial score (nSPS) is 27.4. The number of piperazine rings is 1. The number of rotatable bonds is 10. The molecule has 0 aliphatic carbocycles. The van der Waals surface area contributed by atoms with Gasteiger partial charge in [-0.3, -0.25) is 14.5 Å². The Labute approximate surface area is 222 Å². The number of hydrogen-bond acceptors (Lipinski definition) is 7. The second-order valence-electron chi connectivity index (χ2n) is 12.2. The first-order chi connectivity index (χ1) is 17.6. The van der Waals surface area contributed by atoms with Gasteiger partial charge in [0.1, 0.15) is 17.9 Å². The van der Waals surface area contributed by atoms with Gasteiger partial charge in [-0.15, -0.1) is 0 Å². The van der Waals surface area contributed by atoms with Gasteiger partial charge in [-0.05, 0) is 71.1 Å². The molecule has 3 fully saturated rings. The highest BCUT2D eigenvalue weighted by molar-refractivity contribution is 5.93. The molecule has 1 N–H and O–H groups in total. The molecule has 208 valence electrons. The number of hydrogen-bond donors (Lipinski definition) is 1. The predicted octanol–water partition coefficient (Wildman–Crippen LogP) is 2.94. The summed E-state index contributed by atoms with van der Waals surface area (Å²) in [6, 6.07) is 1.50. The third-order valence-electron chi connectivity index (χ3n) is 8.83. The van der Waals surface area contributed by atoms with E-state index < -0.39 is 6.04 Å². The highest BCUT2D eigenvalue weighted by Gasteiger charge is 2.55. The summed E-state index contributed by atoms with van der Waals surface area (Å²) in [5, 5.41) is 7.77. The molecule has 3 aliphatic heterocycles. The number of aromatic nitrogens is 1. The average molecular weight is 517 g/mol. The zero-order valence-electron chi connectivity index (χ0n) is 23.9. The highest BCUT2D eigenvalue weighted by atomic mass is 16.5. The molecule has 0 spiro atoms. The van der Waals surface area contributed by atoms with Gasteiger partial charge in [-0.2, -0.15) is 0 Å². The van der Waals surface area contributed by atoms with Gasteiger partial charge in [0, 0.05) is 12.6 Å². The Morgan fingerprint density at radius 3 is 2.46 bits per heavy atom. The molecule has 3 unspecified atom stereocenters. The molecule has 3 saturated heterocycles. The lowest BCUT2D eigenvalue weighted by atomic mass is 9.91. The topological polar surface area (TPSA) is 85.2 Å². The van der Waals surface area contributed by atoms with Gasteiger partial charge in [-0.25, -0.2) is 0 Å². The Morgan fingerprint density at radius 1 is 1.14 bits per heavy atom. The lowest BCUT2D eigenvalue weighted by molar-refractivity contribution is -0.157. The number of piperidine rings is 1. The Morgan fingerprint density at radius 2 is 1.84 bits per heavy atom. The fraction of sp³-hybridized carbons (Fsp3) is 0.821. The number of carbonyl (C=O) groups excluding carboxylic acids is 2. The van der Waals surface area contributed by atoms with Gasteiger partial charge in [0.2, 0.25) is 11.8 Å². The van der Waals surface area contributed by atoms with Crippen molar-refractivity contribution in [2.24, 2.45) is 17.8 Å². The van der Waals surface area contributed by atoms with Crippen LogP contribution in [-0.2, 0) is 16.1 Å². The standard InChI is InChI=1S/C28H48N6O3/c1-8-19(4)26-28(36)32(15-21-9-11-29-12-10-21)17-25-33(24(13-18(2)3)27(35)34(25)26)16-22-14-23(30-37-22)20(5)31(6)7/h14,18-21,24-26,29H,8-13,15-17H2,1-7H3/t19?,20?,24-,25?,26-/m0/s1. The van der Waals surface area contributed by atoms with E-state index >= 15 is 0 Å². The van der Waals surface area contributed by atoms with E-state index in [1.807, 2.05) is 25.1 Å². The smallest absolute Gasteiger partial charge is 0.245 e. The molecule has 37 heavy (non-hydrogen) atoms. The van der Waals surface area contributed by atoms with Crippen LogP contribution in [-0.4, -0.2) is 95.1 Å². The third-order valence-corrected chi connectivity index (χ3v) is 8.83. The van der Waals surface area contributed by atoms with E-state index in [4.69, 9.17) is 4.52 Å². The lowest BCUT2D eigenvalue weighted by Gasteiger charge is -2.47. The van der Waals surface area contributed by atoms with Crippen LogP contribution in [0.1, 0.15) is 77.8 Å². The Hall–Kier alpha value is -1.97. The van der Waals surface area contributed by atoms with Gasteiger partial charge < -0.3 is 24.5 Å². The summed E-state index contributed by atoms with van der Waals surface area (Å²) in [5.41, 5.74) is 0.895. The van der Waals surface area contributed by atoms with E-state index in [-0.39, 0.29) is 36.0 Å². The molecule has 0 bridgehead atoms.